The highest BCUT2D eigenvalue weighted by Gasteiger charge is 2.34. The van der Waals surface area contributed by atoms with Crippen LogP contribution in [0.2, 0.25) is 0 Å². The third-order valence-electron chi connectivity index (χ3n) is 6.68. The van der Waals surface area contributed by atoms with Gasteiger partial charge in [-0.3, -0.25) is 14.5 Å². The van der Waals surface area contributed by atoms with E-state index >= 15 is 0 Å². The van der Waals surface area contributed by atoms with Gasteiger partial charge in [0.1, 0.15) is 6.04 Å². The van der Waals surface area contributed by atoms with Crippen LogP contribution in [0.1, 0.15) is 54.6 Å². The van der Waals surface area contributed by atoms with Crippen molar-refractivity contribution in [2.75, 3.05) is 19.6 Å². The van der Waals surface area contributed by atoms with Crippen molar-refractivity contribution in [2.45, 2.75) is 52.2 Å². The Bertz CT molecular complexity index is 902. The molecule has 0 radical (unpaired) electrons. The maximum atomic E-state index is 12.8. The van der Waals surface area contributed by atoms with Gasteiger partial charge >= 0.3 is 0 Å². The van der Waals surface area contributed by atoms with Crippen molar-refractivity contribution in [1.29, 1.82) is 0 Å². The fraction of sp³-hybridized carbons (Fsp3) is 0.481. The Morgan fingerprint density at radius 2 is 1.59 bits per heavy atom. The van der Waals surface area contributed by atoms with Crippen molar-refractivity contribution in [3.05, 3.63) is 71.3 Å². The van der Waals surface area contributed by atoms with Crippen LogP contribution < -0.4 is 5.32 Å². The molecule has 2 amide bonds. The van der Waals surface area contributed by atoms with Crippen LogP contribution in [0.5, 0.6) is 0 Å². The van der Waals surface area contributed by atoms with Gasteiger partial charge in [-0.25, -0.2) is 0 Å². The number of hydrogen-bond acceptors (Lipinski definition) is 3. The Morgan fingerprint density at radius 3 is 2.28 bits per heavy atom. The molecule has 2 aliphatic rings. The van der Waals surface area contributed by atoms with Crippen molar-refractivity contribution in [3.8, 4) is 0 Å². The van der Waals surface area contributed by atoms with E-state index < -0.39 is 0 Å². The largest absolute Gasteiger partial charge is 0.350 e. The van der Waals surface area contributed by atoms with Gasteiger partial charge in [0.05, 0.1) is 0 Å². The van der Waals surface area contributed by atoms with E-state index in [0.29, 0.717) is 18.7 Å². The standard InChI is InChI=1S/C27H35N3O2/c1-20-15-21(2)18-29(17-20)19-23-12-10-22(11-13-23)16-28-26(31)25-9-6-14-30(25)27(32)24-7-4-3-5-8-24/h3-5,7-8,10-13,20-21,25H,6,9,14-19H2,1-2H3,(H,28,31). The highest BCUT2D eigenvalue weighted by Crippen LogP contribution is 2.23. The molecule has 2 fully saturated rings. The third-order valence-corrected chi connectivity index (χ3v) is 6.68. The Morgan fingerprint density at radius 1 is 0.938 bits per heavy atom. The Balaban J connectivity index is 1.29. The summed E-state index contributed by atoms with van der Waals surface area (Å²) in [5, 5.41) is 3.05. The number of carbonyl (C=O) groups excluding carboxylic acids is 2. The minimum absolute atomic E-state index is 0.0612. The van der Waals surface area contributed by atoms with Gasteiger partial charge in [0.25, 0.3) is 5.91 Å². The van der Waals surface area contributed by atoms with E-state index in [0.717, 1.165) is 36.8 Å². The number of benzene rings is 2. The molecule has 3 atom stereocenters. The molecule has 32 heavy (non-hydrogen) atoms. The zero-order chi connectivity index (χ0) is 22.5. The third kappa shape index (κ3) is 5.57. The van der Waals surface area contributed by atoms with Crippen LogP contribution in [0.25, 0.3) is 0 Å². The quantitative estimate of drug-likeness (QED) is 0.747. The van der Waals surface area contributed by atoms with Crippen molar-refractivity contribution in [2.24, 2.45) is 11.8 Å². The molecule has 5 nitrogen and oxygen atoms in total. The molecule has 170 valence electrons. The molecular formula is C27H35N3O2. The smallest absolute Gasteiger partial charge is 0.254 e. The Kier molecular flexibility index (Phi) is 7.26. The maximum absolute atomic E-state index is 12.8. The number of likely N-dealkylation sites (tertiary alicyclic amines) is 2. The summed E-state index contributed by atoms with van der Waals surface area (Å²) in [6.45, 7) is 9.12. The van der Waals surface area contributed by atoms with Crippen molar-refractivity contribution in [3.63, 3.8) is 0 Å². The molecule has 2 saturated heterocycles. The summed E-state index contributed by atoms with van der Waals surface area (Å²) in [4.78, 5) is 29.9. The first-order chi connectivity index (χ1) is 15.5. The molecule has 3 unspecified atom stereocenters. The van der Waals surface area contributed by atoms with Gasteiger partial charge in [-0.05, 0) is 54.4 Å². The van der Waals surface area contributed by atoms with Gasteiger partial charge in [-0.1, -0.05) is 56.3 Å². The lowest BCUT2D eigenvalue weighted by molar-refractivity contribution is -0.125. The van der Waals surface area contributed by atoms with E-state index in [1.54, 1.807) is 4.90 Å². The van der Waals surface area contributed by atoms with E-state index in [9.17, 15) is 9.59 Å². The lowest BCUT2D eigenvalue weighted by Gasteiger charge is -2.35. The van der Waals surface area contributed by atoms with Crippen LogP contribution in [0.4, 0.5) is 0 Å². The van der Waals surface area contributed by atoms with E-state index in [2.05, 4.69) is 48.3 Å². The van der Waals surface area contributed by atoms with Gasteiger partial charge in [0.15, 0.2) is 0 Å². The molecule has 0 aromatic heterocycles. The lowest BCUT2D eigenvalue weighted by atomic mass is 9.91. The van der Waals surface area contributed by atoms with Crippen LogP contribution in [-0.2, 0) is 17.9 Å². The number of hydrogen-bond donors (Lipinski definition) is 1. The normalized spacial score (nSPS) is 23.8. The number of nitrogens with one attached hydrogen (secondary N) is 1. The molecular weight excluding hydrogens is 398 g/mol. The maximum Gasteiger partial charge on any atom is 0.254 e. The number of rotatable bonds is 6. The van der Waals surface area contributed by atoms with E-state index in [-0.39, 0.29) is 17.9 Å². The summed E-state index contributed by atoms with van der Waals surface area (Å²) in [6, 6.07) is 17.4. The highest BCUT2D eigenvalue weighted by atomic mass is 16.2. The fourth-order valence-electron chi connectivity index (χ4n) is 5.28. The minimum atomic E-state index is -0.384. The summed E-state index contributed by atoms with van der Waals surface area (Å²) in [5.41, 5.74) is 3.04. The van der Waals surface area contributed by atoms with Crippen LogP contribution >= 0.6 is 0 Å². The summed E-state index contributed by atoms with van der Waals surface area (Å²) in [6.07, 6.45) is 2.90. The molecule has 2 aliphatic heterocycles. The Hall–Kier alpha value is -2.66. The predicted molar refractivity (Wildman–Crippen MR) is 127 cm³/mol. The summed E-state index contributed by atoms with van der Waals surface area (Å²) >= 11 is 0. The van der Waals surface area contributed by atoms with Crippen molar-refractivity contribution in [1.82, 2.24) is 15.1 Å². The van der Waals surface area contributed by atoms with E-state index in [1.807, 2.05) is 30.3 Å². The molecule has 0 saturated carbocycles. The topological polar surface area (TPSA) is 52.7 Å². The number of carbonyl (C=O) groups is 2. The van der Waals surface area contributed by atoms with Crippen molar-refractivity contribution < 1.29 is 9.59 Å². The predicted octanol–water partition coefficient (Wildman–Crippen LogP) is 4.09. The number of nitrogens with zero attached hydrogens (tertiary/aromatic N) is 2. The van der Waals surface area contributed by atoms with Gasteiger partial charge < -0.3 is 10.2 Å². The Labute approximate surface area is 191 Å². The molecule has 2 aromatic carbocycles. The van der Waals surface area contributed by atoms with Crippen LogP contribution in [-0.4, -0.2) is 47.3 Å². The zero-order valence-electron chi connectivity index (χ0n) is 19.3. The summed E-state index contributed by atoms with van der Waals surface area (Å²) < 4.78 is 0. The second-order valence-electron chi connectivity index (χ2n) is 9.70. The van der Waals surface area contributed by atoms with E-state index in [4.69, 9.17) is 0 Å². The first kappa shape index (κ1) is 22.5. The molecule has 1 N–H and O–H groups in total. The lowest BCUT2D eigenvalue weighted by Crippen LogP contribution is -2.45. The molecule has 2 heterocycles. The average molecular weight is 434 g/mol. The second kappa shape index (κ2) is 10.3. The molecule has 2 aromatic rings. The van der Waals surface area contributed by atoms with Gasteiger partial charge in [-0.15, -0.1) is 0 Å². The highest BCUT2D eigenvalue weighted by molar-refractivity contribution is 5.97. The zero-order valence-corrected chi connectivity index (χ0v) is 19.3. The van der Waals surface area contributed by atoms with Crippen LogP contribution in [0.3, 0.4) is 0 Å². The molecule has 0 bridgehead atoms. The monoisotopic (exact) mass is 433 g/mol. The number of piperidine rings is 1. The fourth-order valence-corrected chi connectivity index (χ4v) is 5.28. The molecule has 5 heteroatoms. The first-order valence-electron chi connectivity index (χ1n) is 11.9. The summed E-state index contributed by atoms with van der Waals surface area (Å²) in [7, 11) is 0. The van der Waals surface area contributed by atoms with Gasteiger partial charge in [-0.2, -0.15) is 0 Å². The minimum Gasteiger partial charge on any atom is -0.350 e. The van der Waals surface area contributed by atoms with Crippen LogP contribution in [0, 0.1) is 11.8 Å². The average Bonchev–Trinajstić information content (AvgIpc) is 3.28. The molecule has 4 rings (SSSR count). The van der Waals surface area contributed by atoms with Gasteiger partial charge in [0, 0.05) is 38.3 Å². The second-order valence-corrected chi connectivity index (χ2v) is 9.70. The van der Waals surface area contributed by atoms with Crippen LogP contribution in [0.15, 0.2) is 54.6 Å². The van der Waals surface area contributed by atoms with E-state index in [1.165, 1.54) is 25.1 Å². The first-order valence-corrected chi connectivity index (χ1v) is 11.9. The SMILES string of the molecule is CC1CC(C)CN(Cc2ccc(CNC(=O)C3CCCN3C(=O)c3ccccc3)cc2)C1. The number of amides is 2. The summed E-state index contributed by atoms with van der Waals surface area (Å²) in [5.74, 6) is 1.40. The van der Waals surface area contributed by atoms with Gasteiger partial charge in [0.2, 0.25) is 5.91 Å². The van der Waals surface area contributed by atoms with Crippen molar-refractivity contribution >= 4 is 11.8 Å². The molecule has 0 aliphatic carbocycles. The molecule has 0 spiro atoms.